The van der Waals surface area contributed by atoms with Crippen LogP contribution in [0.15, 0.2) is 24.3 Å². The molecule has 1 aliphatic rings. The number of rotatable bonds is 3. The van der Waals surface area contributed by atoms with Gasteiger partial charge in [0, 0.05) is 18.2 Å². The van der Waals surface area contributed by atoms with E-state index in [2.05, 4.69) is 12.2 Å². The van der Waals surface area contributed by atoms with Crippen molar-refractivity contribution in [3.8, 4) is 0 Å². The molecule has 0 radical (unpaired) electrons. The van der Waals surface area contributed by atoms with Gasteiger partial charge in [-0.15, -0.1) is 0 Å². The predicted octanol–water partition coefficient (Wildman–Crippen LogP) is 3.88. The Morgan fingerprint density at radius 3 is 2.82 bits per heavy atom. The lowest BCUT2D eigenvalue weighted by Gasteiger charge is -2.16. The summed E-state index contributed by atoms with van der Waals surface area (Å²) in [5.41, 5.74) is 0.782. The molecule has 0 amide bonds. The summed E-state index contributed by atoms with van der Waals surface area (Å²) in [7, 11) is 0. The maximum atomic E-state index is 13.4. The summed E-state index contributed by atoms with van der Waals surface area (Å²) in [4.78, 5) is 0. The number of nitrogens with one attached hydrogen (secondary N) is 1. The zero-order chi connectivity index (χ0) is 12.1. The Kier molecular flexibility index (Phi) is 4.55. The summed E-state index contributed by atoms with van der Waals surface area (Å²) >= 11 is 0. The number of hydrogen-bond acceptors (Lipinski definition) is 1. The Bertz CT molecular complexity index is 351. The molecule has 0 bridgehead atoms. The molecule has 1 N–H and O–H groups in total. The minimum atomic E-state index is -0.0954. The van der Waals surface area contributed by atoms with E-state index < -0.39 is 0 Å². The number of halogens is 1. The summed E-state index contributed by atoms with van der Waals surface area (Å²) < 4.78 is 13.4. The van der Waals surface area contributed by atoms with Crippen LogP contribution in [0, 0.1) is 11.7 Å². The predicted molar refractivity (Wildman–Crippen MR) is 69.3 cm³/mol. The molecule has 1 nitrogen and oxygen atoms in total. The second-order valence-corrected chi connectivity index (χ2v) is 5.28. The Hall–Kier alpha value is -0.890. The molecule has 1 aliphatic carbocycles. The van der Waals surface area contributed by atoms with Gasteiger partial charge in [-0.2, -0.15) is 0 Å². The van der Waals surface area contributed by atoms with Crippen molar-refractivity contribution in [2.75, 3.05) is 0 Å². The maximum absolute atomic E-state index is 13.4. The van der Waals surface area contributed by atoms with Crippen molar-refractivity contribution in [3.05, 3.63) is 35.6 Å². The highest BCUT2D eigenvalue weighted by molar-refractivity contribution is 5.17. The Morgan fingerprint density at radius 1 is 1.18 bits per heavy atom. The fourth-order valence-electron chi connectivity index (χ4n) is 2.59. The third kappa shape index (κ3) is 3.81. The zero-order valence-corrected chi connectivity index (χ0v) is 10.6. The first-order chi connectivity index (χ1) is 8.25. The first kappa shape index (κ1) is 12.6. The molecule has 0 heterocycles. The molecular weight excluding hydrogens is 213 g/mol. The summed E-state index contributed by atoms with van der Waals surface area (Å²) in [6.07, 6.45) is 6.41. The van der Waals surface area contributed by atoms with Gasteiger partial charge in [0.1, 0.15) is 5.82 Å². The van der Waals surface area contributed by atoms with Gasteiger partial charge < -0.3 is 5.32 Å². The van der Waals surface area contributed by atoms with Gasteiger partial charge in [0.15, 0.2) is 0 Å². The van der Waals surface area contributed by atoms with E-state index >= 15 is 0 Å². The van der Waals surface area contributed by atoms with Crippen molar-refractivity contribution in [1.29, 1.82) is 0 Å². The lowest BCUT2D eigenvalue weighted by molar-refractivity contribution is 0.442. The fraction of sp³-hybridized carbons (Fsp3) is 0.600. The maximum Gasteiger partial charge on any atom is 0.127 e. The average Bonchev–Trinajstić information content (AvgIpc) is 2.53. The van der Waals surface area contributed by atoms with Crippen LogP contribution in [-0.2, 0) is 6.54 Å². The minimum absolute atomic E-state index is 0.0954. The van der Waals surface area contributed by atoms with E-state index in [0.717, 1.165) is 11.5 Å². The largest absolute Gasteiger partial charge is 0.310 e. The summed E-state index contributed by atoms with van der Waals surface area (Å²) in [6, 6.07) is 7.61. The highest BCUT2D eigenvalue weighted by Gasteiger charge is 2.15. The third-order valence-electron chi connectivity index (χ3n) is 3.80. The highest BCUT2D eigenvalue weighted by atomic mass is 19.1. The number of benzene rings is 1. The van der Waals surface area contributed by atoms with Gasteiger partial charge >= 0.3 is 0 Å². The van der Waals surface area contributed by atoms with E-state index in [1.807, 2.05) is 12.1 Å². The Balaban J connectivity index is 1.83. The smallest absolute Gasteiger partial charge is 0.127 e. The van der Waals surface area contributed by atoms with Crippen molar-refractivity contribution >= 4 is 0 Å². The molecule has 2 heteroatoms. The fourth-order valence-corrected chi connectivity index (χ4v) is 2.59. The van der Waals surface area contributed by atoms with Crippen LogP contribution in [0.2, 0.25) is 0 Å². The van der Waals surface area contributed by atoms with E-state index in [0.29, 0.717) is 12.6 Å². The normalized spacial score (nSPS) is 25.5. The highest BCUT2D eigenvalue weighted by Crippen LogP contribution is 2.22. The van der Waals surface area contributed by atoms with E-state index in [1.165, 1.54) is 38.2 Å². The summed E-state index contributed by atoms with van der Waals surface area (Å²) in [6.45, 7) is 2.99. The van der Waals surface area contributed by atoms with Crippen molar-refractivity contribution in [2.45, 2.75) is 51.6 Å². The molecule has 1 fully saturated rings. The topological polar surface area (TPSA) is 12.0 Å². The van der Waals surface area contributed by atoms with Crippen LogP contribution in [0.1, 0.15) is 44.6 Å². The molecule has 2 unspecified atom stereocenters. The van der Waals surface area contributed by atoms with Crippen LogP contribution in [0.5, 0.6) is 0 Å². The van der Waals surface area contributed by atoms with Gasteiger partial charge in [0.2, 0.25) is 0 Å². The second kappa shape index (κ2) is 6.15. The van der Waals surface area contributed by atoms with Crippen LogP contribution < -0.4 is 5.32 Å². The van der Waals surface area contributed by atoms with Crippen LogP contribution in [0.4, 0.5) is 4.39 Å². The SMILES string of the molecule is CC1CCCC(NCc2ccccc2F)CC1. The molecule has 0 aromatic heterocycles. The molecule has 0 saturated heterocycles. The average molecular weight is 235 g/mol. The second-order valence-electron chi connectivity index (χ2n) is 5.28. The van der Waals surface area contributed by atoms with E-state index in [4.69, 9.17) is 0 Å². The standard InChI is InChI=1S/C15H22FN/c1-12-5-4-7-14(10-9-12)17-11-13-6-2-3-8-15(13)16/h2-3,6,8,12,14,17H,4-5,7,9-11H2,1H3. The molecule has 94 valence electrons. The van der Waals surface area contributed by atoms with Gasteiger partial charge in [-0.25, -0.2) is 4.39 Å². The molecule has 0 aliphatic heterocycles. The van der Waals surface area contributed by atoms with Crippen molar-refractivity contribution in [3.63, 3.8) is 0 Å². The minimum Gasteiger partial charge on any atom is -0.310 e. The molecule has 0 spiro atoms. The van der Waals surface area contributed by atoms with Gasteiger partial charge in [0.05, 0.1) is 0 Å². The van der Waals surface area contributed by atoms with Crippen LogP contribution >= 0.6 is 0 Å². The Labute approximate surface area is 103 Å². The molecule has 2 atom stereocenters. The summed E-state index contributed by atoms with van der Waals surface area (Å²) in [5, 5.41) is 3.50. The lowest BCUT2D eigenvalue weighted by atomic mass is 10.0. The van der Waals surface area contributed by atoms with Gasteiger partial charge in [-0.1, -0.05) is 38.0 Å². The quantitative estimate of drug-likeness (QED) is 0.784. The first-order valence-electron chi connectivity index (χ1n) is 6.72. The van der Waals surface area contributed by atoms with Crippen LogP contribution in [0.25, 0.3) is 0 Å². The lowest BCUT2D eigenvalue weighted by Crippen LogP contribution is -2.28. The molecule has 1 aromatic carbocycles. The molecule has 17 heavy (non-hydrogen) atoms. The van der Waals surface area contributed by atoms with Crippen LogP contribution in [0.3, 0.4) is 0 Å². The van der Waals surface area contributed by atoms with Gasteiger partial charge in [0.25, 0.3) is 0 Å². The van der Waals surface area contributed by atoms with E-state index in [-0.39, 0.29) is 5.82 Å². The van der Waals surface area contributed by atoms with Crippen molar-refractivity contribution in [1.82, 2.24) is 5.32 Å². The third-order valence-corrected chi connectivity index (χ3v) is 3.80. The Morgan fingerprint density at radius 2 is 2.00 bits per heavy atom. The van der Waals surface area contributed by atoms with Crippen molar-refractivity contribution < 1.29 is 4.39 Å². The van der Waals surface area contributed by atoms with Gasteiger partial charge in [-0.3, -0.25) is 0 Å². The zero-order valence-electron chi connectivity index (χ0n) is 10.6. The van der Waals surface area contributed by atoms with E-state index in [1.54, 1.807) is 6.07 Å². The molecule has 1 saturated carbocycles. The van der Waals surface area contributed by atoms with E-state index in [9.17, 15) is 4.39 Å². The molecular formula is C15H22FN. The molecule has 1 aromatic rings. The van der Waals surface area contributed by atoms with Gasteiger partial charge in [-0.05, 0) is 31.2 Å². The van der Waals surface area contributed by atoms with Crippen molar-refractivity contribution in [2.24, 2.45) is 5.92 Å². The van der Waals surface area contributed by atoms with Crippen LogP contribution in [-0.4, -0.2) is 6.04 Å². The monoisotopic (exact) mass is 235 g/mol. The molecule has 2 rings (SSSR count). The number of hydrogen-bond donors (Lipinski definition) is 1. The first-order valence-corrected chi connectivity index (χ1v) is 6.72. The summed E-state index contributed by atoms with van der Waals surface area (Å²) in [5.74, 6) is 0.761.